The molecule has 1 amide bonds. The standard InChI is InChI=1S/C16H20ClNO4S/c1-10(16(21)18-11-4-2-3-5-11)22-15(20)9-6-12(19)13-7-8-14(17)23-13/h7-8,10-11H,2-6,9H2,1H3,(H,18,21)/t10-/m0/s1. The van der Waals surface area contributed by atoms with Crippen molar-refractivity contribution in [3.63, 3.8) is 0 Å². The van der Waals surface area contributed by atoms with Crippen LogP contribution in [0.2, 0.25) is 4.34 Å². The summed E-state index contributed by atoms with van der Waals surface area (Å²) in [6.07, 6.45) is 3.35. The maximum Gasteiger partial charge on any atom is 0.307 e. The molecule has 0 bridgehead atoms. The third kappa shape index (κ3) is 5.62. The van der Waals surface area contributed by atoms with E-state index < -0.39 is 12.1 Å². The van der Waals surface area contributed by atoms with Gasteiger partial charge in [-0.15, -0.1) is 11.3 Å². The average Bonchev–Trinajstić information content (AvgIpc) is 3.16. The van der Waals surface area contributed by atoms with Crippen LogP contribution >= 0.6 is 22.9 Å². The van der Waals surface area contributed by atoms with Gasteiger partial charge >= 0.3 is 5.97 Å². The fraction of sp³-hybridized carbons (Fsp3) is 0.562. The van der Waals surface area contributed by atoms with Crippen molar-refractivity contribution in [2.75, 3.05) is 0 Å². The van der Waals surface area contributed by atoms with Crippen molar-refractivity contribution in [2.24, 2.45) is 0 Å². The van der Waals surface area contributed by atoms with E-state index in [0.717, 1.165) is 25.7 Å². The monoisotopic (exact) mass is 357 g/mol. The number of esters is 1. The molecular formula is C16H20ClNO4S. The largest absolute Gasteiger partial charge is 0.453 e. The number of thiophene rings is 1. The van der Waals surface area contributed by atoms with E-state index >= 15 is 0 Å². The van der Waals surface area contributed by atoms with E-state index in [9.17, 15) is 14.4 Å². The van der Waals surface area contributed by atoms with Crippen molar-refractivity contribution in [1.29, 1.82) is 0 Å². The van der Waals surface area contributed by atoms with Crippen LogP contribution < -0.4 is 5.32 Å². The Morgan fingerprint density at radius 1 is 1.30 bits per heavy atom. The van der Waals surface area contributed by atoms with Crippen molar-refractivity contribution < 1.29 is 19.1 Å². The molecule has 0 aromatic carbocycles. The minimum Gasteiger partial charge on any atom is -0.453 e. The fourth-order valence-electron chi connectivity index (χ4n) is 2.50. The van der Waals surface area contributed by atoms with Gasteiger partial charge in [0, 0.05) is 12.5 Å². The Labute approximate surface area is 144 Å². The van der Waals surface area contributed by atoms with Gasteiger partial charge in [0.05, 0.1) is 15.6 Å². The minimum atomic E-state index is -0.839. The van der Waals surface area contributed by atoms with Gasteiger partial charge in [0.15, 0.2) is 11.9 Å². The molecular weight excluding hydrogens is 338 g/mol. The van der Waals surface area contributed by atoms with Gasteiger partial charge in [-0.05, 0) is 31.9 Å². The van der Waals surface area contributed by atoms with Crippen LogP contribution in [0.4, 0.5) is 0 Å². The van der Waals surface area contributed by atoms with Crippen molar-refractivity contribution in [1.82, 2.24) is 5.32 Å². The molecule has 1 aliphatic carbocycles. The van der Waals surface area contributed by atoms with Crippen LogP contribution in [-0.4, -0.2) is 29.8 Å². The van der Waals surface area contributed by atoms with Crippen LogP contribution in [0.1, 0.15) is 55.1 Å². The zero-order valence-corrected chi connectivity index (χ0v) is 14.5. The van der Waals surface area contributed by atoms with Crippen LogP contribution in [0.3, 0.4) is 0 Å². The topological polar surface area (TPSA) is 72.5 Å². The Bertz CT molecular complexity index is 580. The Balaban J connectivity index is 1.70. The summed E-state index contributed by atoms with van der Waals surface area (Å²) in [6, 6.07) is 3.47. The number of nitrogens with one attached hydrogen (secondary N) is 1. The lowest BCUT2D eigenvalue weighted by Gasteiger charge is -2.17. The second-order valence-electron chi connectivity index (χ2n) is 5.65. The maximum absolute atomic E-state index is 11.9. The van der Waals surface area contributed by atoms with Crippen molar-refractivity contribution in [2.45, 2.75) is 57.6 Å². The number of hydrogen-bond acceptors (Lipinski definition) is 5. The number of carbonyl (C=O) groups is 3. The van der Waals surface area contributed by atoms with E-state index in [4.69, 9.17) is 16.3 Å². The molecule has 126 valence electrons. The Morgan fingerprint density at radius 2 is 2.00 bits per heavy atom. The quantitative estimate of drug-likeness (QED) is 0.600. The second kappa shape index (κ2) is 8.45. The molecule has 1 fully saturated rings. The zero-order chi connectivity index (χ0) is 16.8. The van der Waals surface area contributed by atoms with Crippen molar-refractivity contribution in [3.8, 4) is 0 Å². The van der Waals surface area contributed by atoms with E-state index in [2.05, 4.69) is 5.32 Å². The van der Waals surface area contributed by atoms with Gasteiger partial charge in [0.25, 0.3) is 5.91 Å². The second-order valence-corrected chi connectivity index (χ2v) is 7.36. The van der Waals surface area contributed by atoms with Crippen LogP contribution in [0.5, 0.6) is 0 Å². The first-order valence-electron chi connectivity index (χ1n) is 7.74. The van der Waals surface area contributed by atoms with Gasteiger partial charge in [-0.2, -0.15) is 0 Å². The number of rotatable bonds is 7. The first-order valence-corrected chi connectivity index (χ1v) is 8.93. The Hall–Kier alpha value is -1.40. The molecule has 0 saturated heterocycles. The smallest absolute Gasteiger partial charge is 0.307 e. The molecule has 0 spiro atoms. The summed E-state index contributed by atoms with van der Waals surface area (Å²) >= 11 is 6.95. The third-order valence-corrected chi connectivity index (χ3v) is 5.06. The van der Waals surface area contributed by atoms with Crippen LogP contribution in [0.15, 0.2) is 12.1 Å². The van der Waals surface area contributed by atoms with E-state index in [0.29, 0.717) is 9.21 Å². The molecule has 0 unspecified atom stereocenters. The number of ketones is 1. The van der Waals surface area contributed by atoms with Crippen LogP contribution in [0.25, 0.3) is 0 Å². The number of ether oxygens (including phenoxy) is 1. The van der Waals surface area contributed by atoms with Gasteiger partial charge in [0.2, 0.25) is 0 Å². The van der Waals surface area contributed by atoms with E-state index in [1.165, 1.54) is 11.3 Å². The van der Waals surface area contributed by atoms with E-state index in [1.54, 1.807) is 19.1 Å². The van der Waals surface area contributed by atoms with Gasteiger partial charge < -0.3 is 10.1 Å². The molecule has 1 aliphatic rings. The highest BCUT2D eigenvalue weighted by Gasteiger charge is 2.23. The lowest BCUT2D eigenvalue weighted by molar-refractivity contribution is -0.155. The minimum absolute atomic E-state index is 0.0462. The molecule has 1 N–H and O–H groups in total. The predicted molar refractivity (Wildman–Crippen MR) is 88.8 cm³/mol. The highest BCUT2D eigenvalue weighted by Crippen LogP contribution is 2.23. The summed E-state index contributed by atoms with van der Waals surface area (Å²) < 4.78 is 5.62. The molecule has 1 atom stereocenters. The summed E-state index contributed by atoms with van der Waals surface area (Å²) in [5.41, 5.74) is 0. The molecule has 0 radical (unpaired) electrons. The first kappa shape index (κ1) is 17.9. The molecule has 1 aromatic heterocycles. The van der Waals surface area contributed by atoms with Crippen LogP contribution in [0, 0.1) is 0 Å². The lowest BCUT2D eigenvalue weighted by atomic mass is 10.2. The van der Waals surface area contributed by atoms with Gasteiger partial charge in [-0.25, -0.2) is 0 Å². The Kier molecular flexibility index (Phi) is 6.59. The molecule has 1 saturated carbocycles. The number of hydrogen-bond donors (Lipinski definition) is 1. The normalized spacial score (nSPS) is 16.1. The first-order chi connectivity index (χ1) is 11.0. The fourth-order valence-corrected chi connectivity index (χ4v) is 3.51. The number of amides is 1. The third-order valence-electron chi connectivity index (χ3n) is 3.78. The molecule has 2 rings (SSSR count). The van der Waals surface area contributed by atoms with Gasteiger partial charge in [-0.1, -0.05) is 24.4 Å². The lowest BCUT2D eigenvalue weighted by Crippen LogP contribution is -2.40. The van der Waals surface area contributed by atoms with Gasteiger partial charge in [-0.3, -0.25) is 14.4 Å². The molecule has 7 heteroatoms. The SMILES string of the molecule is C[C@H](OC(=O)CCC(=O)c1ccc(Cl)s1)C(=O)NC1CCCC1. The average molecular weight is 358 g/mol. The molecule has 5 nitrogen and oxygen atoms in total. The van der Waals surface area contributed by atoms with Crippen molar-refractivity contribution >= 4 is 40.6 Å². The summed E-state index contributed by atoms with van der Waals surface area (Å²) in [7, 11) is 0. The summed E-state index contributed by atoms with van der Waals surface area (Å²) in [6.45, 7) is 1.54. The van der Waals surface area contributed by atoms with Crippen molar-refractivity contribution in [3.05, 3.63) is 21.3 Å². The van der Waals surface area contributed by atoms with E-state index in [-0.39, 0.29) is 30.6 Å². The molecule has 1 aromatic rings. The number of halogens is 1. The Morgan fingerprint density at radius 3 is 2.61 bits per heavy atom. The molecule has 1 heterocycles. The van der Waals surface area contributed by atoms with Crippen LogP contribution in [-0.2, 0) is 14.3 Å². The summed E-state index contributed by atoms with van der Waals surface area (Å²) in [5.74, 6) is -0.974. The number of Topliss-reactive ketones (excluding diaryl/α,β-unsaturated/α-hetero) is 1. The molecule has 23 heavy (non-hydrogen) atoms. The highest BCUT2D eigenvalue weighted by molar-refractivity contribution is 7.18. The zero-order valence-electron chi connectivity index (χ0n) is 13.0. The van der Waals surface area contributed by atoms with Gasteiger partial charge in [0.1, 0.15) is 0 Å². The summed E-state index contributed by atoms with van der Waals surface area (Å²) in [5, 5.41) is 2.88. The maximum atomic E-state index is 11.9. The summed E-state index contributed by atoms with van der Waals surface area (Å²) in [4.78, 5) is 36.1. The predicted octanol–water partition coefficient (Wildman–Crippen LogP) is 3.35. The molecule has 0 aliphatic heterocycles. The number of carbonyl (C=O) groups excluding carboxylic acids is 3. The highest BCUT2D eigenvalue weighted by atomic mass is 35.5. The van der Waals surface area contributed by atoms with E-state index in [1.807, 2.05) is 0 Å².